The van der Waals surface area contributed by atoms with E-state index in [1.165, 1.54) is 0 Å². The fraction of sp³-hybridized carbons (Fsp3) is 0.300. The van der Waals surface area contributed by atoms with Crippen LogP contribution in [0.2, 0.25) is 5.02 Å². The van der Waals surface area contributed by atoms with Crippen molar-refractivity contribution in [1.29, 1.82) is 0 Å². The Morgan fingerprint density at radius 3 is 2.42 bits per heavy atom. The van der Waals surface area contributed by atoms with E-state index in [2.05, 4.69) is 10.6 Å². The molecule has 0 aliphatic heterocycles. The van der Waals surface area contributed by atoms with E-state index < -0.39 is 5.41 Å². The first-order valence-electron chi connectivity index (χ1n) is 8.43. The van der Waals surface area contributed by atoms with Gasteiger partial charge in [-0.25, -0.2) is 0 Å². The minimum atomic E-state index is -0.999. The predicted molar refractivity (Wildman–Crippen MR) is 101 cm³/mol. The molecule has 5 nitrogen and oxygen atoms in total. The Labute approximate surface area is 157 Å². The van der Waals surface area contributed by atoms with Crippen LogP contribution in [0.1, 0.15) is 24.0 Å². The zero-order chi connectivity index (χ0) is 18.7. The summed E-state index contributed by atoms with van der Waals surface area (Å²) in [4.78, 5) is 25.3. The van der Waals surface area contributed by atoms with Crippen LogP contribution in [0.5, 0.6) is 5.75 Å². The van der Waals surface area contributed by atoms with Crippen LogP contribution in [-0.4, -0.2) is 18.9 Å². The third kappa shape index (κ3) is 3.83. The number of nitrogens with one attached hydrogen (secondary N) is 2. The van der Waals surface area contributed by atoms with Gasteiger partial charge < -0.3 is 15.4 Å². The molecule has 2 aromatic carbocycles. The standard InChI is InChI=1S/C20H21ClN2O3/c1-13-3-8-17(26-2)16(11-13)23-19(25)20(9-10-20)18(24)22-12-14-4-6-15(21)7-5-14/h3-8,11H,9-10,12H2,1-2H3,(H,22,24)(H,23,25). The van der Waals surface area contributed by atoms with Crippen molar-refractivity contribution in [3.63, 3.8) is 0 Å². The van der Waals surface area contributed by atoms with Gasteiger partial charge in [0.25, 0.3) is 0 Å². The van der Waals surface area contributed by atoms with Gasteiger partial charge in [-0.15, -0.1) is 0 Å². The number of carbonyl (C=O) groups excluding carboxylic acids is 2. The summed E-state index contributed by atoms with van der Waals surface area (Å²) in [6.07, 6.45) is 1.08. The van der Waals surface area contributed by atoms with Crippen LogP contribution in [0.4, 0.5) is 5.69 Å². The number of aryl methyl sites for hydroxylation is 1. The van der Waals surface area contributed by atoms with Crippen LogP contribution < -0.4 is 15.4 Å². The maximum Gasteiger partial charge on any atom is 0.240 e. The molecule has 136 valence electrons. The van der Waals surface area contributed by atoms with Crippen LogP contribution in [-0.2, 0) is 16.1 Å². The van der Waals surface area contributed by atoms with Crippen LogP contribution in [0.25, 0.3) is 0 Å². The summed E-state index contributed by atoms with van der Waals surface area (Å²) in [6, 6.07) is 12.8. The van der Waals surface area contributed by atoms with Gasteiger partial charge in [0.15, 0.2) is 0 Å². The van der Waals surface area contributed by atoms with E-state index in [9.17, 15) is 9.59 Å². The van der Waals surface area contributed by atoms with Crippen molar-refractivity contribution in [1.82, 2.24) is 5.32 Å². The zero-order valence-electron chi connectivity index (χ0n) is 14.8. The normalized spacial score (nSPS) is 14.4. The number of ether oxygens (including phenoxy) is 1. The van der Waals surface area contributed by atoms with Crippen LogP contribution in [0.15, 0.2) is 42.5 Å². The summed E-state index contributed by atoms with van der Waals surface area (Å²) < 4.78 is 5.28. The smallest absolute Gasteiger partial charge is 0.240 e. The van der Waals surface area contributed by atoms with Gasteiger partial charge in [-0.3, -0.25) is 9.59 Å². The summed E-state index contributed by atoms with van der Waals surface area (Å²) in [7, 11) is 1.55. The first kappa shape index (κ1) is 18.3. The highest BCUT2D eigenvalue weighted by molar-refractivity contribution is 6.30. The van der Waals surface area contributed by atoms with Gasteiger partial charge in [0, 0.05) is 11.6 Å². The Kier molecular flexibility index (Phi) is 5.18. The molecule has 0 bridgehead atoms. The van der Waals surface area contributed by atoms with Gasteiger partial charge in [0.1, 0.15) is 11.2 Å². The molecule has 0 heterocycles. The number of hydrogen-bond acceptors (Lipinski definition) is 3. The van der Waals surface area contributed by atoms with Crippen molar-refractivity contribution in [2.45, 2.75) is 26.3 Å². The fourth-order valence-corrected chi connectivity index (χ4v) is 2.92. The Hall–Kier alpha value is -2.53. The fourth-order valence-electron chi connectivity index (χ4n) is 2.80. The Balaban J connectivity index is 1.66. The third-order valence-corrected chi connectivity index (χ3v) is 4.84. The van der Waals surface area contributed by atoms with E-state index >= 15 is 0 Å². The Morgan fingerprint density at radius 2 is 1.81 bits per heavy atom. The van der Waals surface area contributed by atoms with E-state index in [4.69, 9.17) is 16.3 Å². The molecule has 0 atom stereocenters. The molecular weight excluding hydrogens is 352 g/mol. The predicted octanol–water partition coefficient (Wildman–Crippen LogP) is 3.69. The van der Waals surface area contributed by atoms with Crippen LogP contribution in [0.3, 0.4) is 0 Å². The number of benzene rings is 2. The average molecular weight is 373 g/mol. The molecule has 0 saturated heterocycles. The molecule has 2 aromatic rings. The zero-order valence-corrected chi connectivity index (χ0v) is 15.5. The van der Waals surface area contributed by atoms with Crippen LogP contribution in [0, 0.1) is 12.3 Å². The van der Waals surface area contributed by atoms with Gasteiger partial charge in [-0.05, 0) is 55.2 Å². The summed E-state index contributed by atoms with van der Waals surface area (Å²) in [5, 5.41) is 6.35. The lowest BCUT2D eigenvalue weighted by molar-refractivity contribution is -0.134. The molecule has 1 fully saturated rings. The maximum absolute atomic E-state index is 12.7. The molecular formula is C20H21ClN2O3. The number of rotatable bonds is 6. The molecule has 1 aliphatic rings. The number of anilines is 1. The lowest BCUT2D eigenvalue weighted by Gasteiger charge is -2.17. The molecule has 2 N–H and O–H groups in total. The molecule has 1 aliphatic carbocycles. The van der Waals surface area contributed by atoms with Gasteiger partial charge in [0.2, 0.25) is 11.8 Å². The summed E-state index contributed by atoms with van der Waals surface area (Å²) in [5.74, 6) is 0.0212. The van der Waals surface area contributed by atoms with Gasteiger partial charge in [0.05, 0.1) is 12.8 Å². The van der Waals surface area contributed by atoms with Crippen molar-refractivity contribution in [2.75, 3.05) is 12.4 Å². The molecule has 0 unspecified atom stereocenters. The number of methoxy groups -OCH3 is 1. The number of hydrogen-bond donors (Lipinski definition) is 2. The summed E-state index contributed by atoms with van der Waals surface area (Å²) in [6.45, 7) is 2.29. The molecule has 1 saturated carbocycles. The van der Waals surface area contributed by atoms with Crippen molar-refractivity contribution in [3.8, 4) is 5.75 Å². The molecule has 0 radical (unpaired) electrons. The second kappa shape index (κ2) is 7.38. The Morgan fingerprint density at radius 1 is 1.12 bits per heavy atom. The molecule has 0 spiro atoms. The first-order valence-corrected chi connectivity index (χ1v) is 8.81. The van der Waals surface area contributed by atoms with E-state index in [-0.39, 0.29) is 11.8 Å². The Bertz CT molecular complexity index is 829. The summed E-state index contributed by atoms with van der Waals surface area (Å²) in [5.41, 5.74) is 1.51. The quantitative estimate of drug-likeness (QED) is 0.760. The first-order chi connectivity index (χ1) is 12.4. The van der Waals surface area contributed by atoms with Crippen molar-refractivity contribution >= 4 is 29.1 Å². The highest BCUT2D eigenvalue weighted by Gasteiger charge is 2.56. The van der Waals surface area contributed by atoms with Crippen molar-refractivity contribution in [3.05, 3.63) is 58.6 Å². The SMILES string of the molecule is COc1ccc(C)cc1NC(=O)C1(C(=O)NCc2ccc(Cl)cc2)CC1. The molecule has 26 heavy (non-hydrogen) atoms. The van der Waals surface area contributed by atoms with Crippen molar-refractivity contribution < 1.29 is 14.3 Å². The monoisotopic (exact) mass is 372 g/mol. The molecule has 3 rings (SSSR count). The summed E-state index contributed by atoms with van der Waals surface area (Å²) >= 11 is 5.86. The lowest BCUT2D eigenvalue weighted by atomic mass is 10.0. The van der Waals surface area contributed by atoms with E-state index in [1.54, 1.807) is 25.3 Å². The highest BCUT2D eigenvalue weighted by Crippen LogP contribution is 2.47. The van der Waals surface area contributed by atoms with Gasteiger partial charge in [-0.2, -0.15) is 0 Å². The number of halogens is 1. The van der Waals surface area contributed by atoms with Crippen molar-refractivity contribution in [2.24, 2.45) is 5.41 Å². The minimum Gasteiger partial charge on any atom is -0.495 e. The highest BCUT2D eigenvalue weighted by atomic mass is 35.5. The third-order valence-electron chi connectivity index (χ3n) is 4.59. The second-order valence-corrected chi connectivity index (χ2v) is 6.99. The lowest BCUT2D eigenvalue weighted by Crippen LogP contribution is -2.39. The minimum absolute atomic E-state index is 0.253. The van der Waals surface area contributed by atoms with Crippen LogP contribution >= 0.6 is 11.6 Å². The molecule has 2 amide bonds. The number of carbonyl (C=O) groups is 2. The maximum atomic E-state index is 12.7. The topological polar surface area (TPSA) is 67.4 Å². The molecule has 6 heteroatoms. The average Bonchev–Trinajstić information content (AvgIpc) is 3.43. The van der Waals surface area contributed by atoms with E-state index in [1.807, 2.05) is 31.2 Å². The largest absolute Gasteiger partial charge is 0.495 e. The molecule has 0 aromatic heterocycles. The van der Waals surface area contributed by atoms with Gasteiger partial charge >= 0.3 is 0 Å². The van der Waals surface area contributed by atoms with Gasteiger partial charge in [-0.1, -0.05) is 29.8 Å². The van der Waals surface area contributed by atoms with E-state index in [0.29, 0.717) is 35.8 Å². The number of amides is 2. The second-order valence-electron chi connectivity index (χ2n) is 6.55. The van der Waals surface area contributed by atoms with E-state index in [0.717, 1.165) is 11.1 Å².